The molecule has 3 N–H and O–H groups in total. The summed E-state index contributed by atoms with van der Waals surface area (Å²) in [4.78, 5) is 1.12. The van der Waals surface area contributed by atoms with Crippen LogP contribution in [0.1, 0.15) is 19.3 Å². The number of piperidine rings is 1. The van der Waals surface area contributed by atoms with Gasteiger partial charge in [0.15, 0.2) is 0 Å². The summed E-state index contributed by atoms with van der Waals surface area (Å²) >= 11 is 1.82. The molecule has 1 aromatic rings. The van der Waals surface area contributed by atoms with E-state index < -0.39 is 0 Å². The van der Waals surface area contributed by atoms with Crippen LogP contribution in [0.3, 0.4) is 0 Å². The molecule has 0 amide bonds. The lowest BCUT2D eigenvalue weighted by Crippen LogP contribution is -2.35. The second-order valence-electron chi connectivity index (χ2n) is 4.36. The molecule has 1 atom stereocenters. The van der Waals surface area contributed by atoms with Crippen molar-refractivity contribution in [2.75, 3.05) is 25.1 Å². The number of nitrogens with two attached hydrogens (primary N) is 1. The van der Waals surface area contributed by atoms with Crippen LogP contribution in [0, 0.1) is 0 Å². The molecule has 1 unspecified atom stereocenters. The van der Waals surface area contributed by atoms with E-state index in [0.29, 0.717) is 6.04 Å². The Bertz CT molecular complexity index is 364. The van der Waals surface area contributed by atoms with Crippen LogP contribution in [-0.2, 0) is 0 Å². The third-order valence-corrected chi connectivity index (χ3v) is 4.31. The monoisotopic (exact) mass is 252 g/mol. The molecule has 2 rings (SSSR count). The van der Waals surface area contributed by atoms with Crippen molar-refractivity contribution in [3.8, 4) is 5.75 Å². The Hall–Kier alpha value is -0.870. The maximum absolute atomic E-state index is 5.96. The molecule has 94 valence electrons. The predicted octanol–water partition coefficient (Wildman–Crippen LogP) is 2.51. The normalized spacial score (nSPS) is 20.2. The summed E-state index contributed by atoms with van der Waals surface area (Å²) in [7, 11) is 1.68. The zero-order valence-electron chi connectivity index (χ0n) is 10.2. The van der Waals surface area contributed by atoms with Crippen molar-refractivity contribution in [2.45, 2.75) is 30.2 Å². The van der Waals surface area contributed by atoms with Crippen molar-refractivity contribution in [1.82, 2.24) is 5.32 Å². The van der Waals surface area contributed by atoms with E-state index in [0.717, 1.165) is 28.6 Å². The van der Waals surface area contributed by atoms with Gasteiger partial charge in [-0.15, -0.1) is 11.8 Å². The zero-order valence-corrected chi connectivity index (χ0v) is 11.1. The van der Waals surface area contributed by atoms with E-state index in [4.69, 9.17) is 10.5 Å². The third kappa shape index (κ3) is 3.54. The minimum Gasteiger partial charge on any atom is -0.497 e. The Kier molecular flexibility index (Phi) is 4.57. The summed E-state index contributed by atoms with van der Waals surface area (Å²) in [6, 6.07) is 6.45. The molecule has 3 nitrogen and oxygen atoms in total. The highest BCUT2D eigenvalue weighted by molar-refractivity contribution is 7.99. The van der Waals surface area contributed by atoms with E-state index >= 15 is 0 Å². The van der Waals surface area contributed by atoms with Gasteiger partial charge in [0.05, 0.1) is 7.11 Å². The Morgan fingerprint density at radius 2 is 2.35 bits per heavy atom. The topological polar surface area (TPSA) is 47.3 Å². The molecular weight excluding hydrogens is 232 g/mol. The van der Waals surface area contributed by atoms with E-state index in [1.807, 2.05) is 30.0 Å². The van der Waals surface area contributed by atoms with Crippen LogP contribution < -0.4 is 15.8 Å². The van der Waals surface area contributed by atoms with Crippen molar-refractivity contribution >= 4 is 17.4 Å². The third-order valence-electron chi connectivity index (χ3n) is 3.07. The smallest absolute Gasteiger partial charge is 0.120 e. The maximum Gasteiger partial charge on any atom is 0.120 e. The second kappa shape index (κ2) is 6.17. The van der Waals surface area contributed by atoms with Crippen molar-refractivity contribution in [3.63, 3.8) is 0 Å². The summed E-state index contributed by atoms with van der Waals surface area (Å²) in [6.07, 6.45) is 3.92. The Morgan fingerprint density at radius 1 is 1.47 bits per heavy atom. The zero-order chi connectivity index (χ0) is 12.1. The summed E-state index contributed by atoms with van der Waals surface area (Å²) in [5, 5.41) is 3.54. The average molecular weight is 252 g/mol. The molecule has 1 aliphatic rings. The van der Waals surface area contributed by atoms with E-state index in [1.54, 1.807) is 7.11 Å². The van der Waals surface area contributed by atoms with Crippen molar-refractivity contribution < 1.29 is 4.74 Å². The molecule has 0 radical (unpaired) electrons. The van der Waals surface area contributed by atoms with Crippen LogP contribution >= 0.6 is 11.8 Å². The van der Waals surface area contributed by atoms with Gasteiger partial charge in [0.25, 0.3) is 0 Å². The number of hydrogen-bond acceptors (Lipinski definition) is 4. The number of nitrogens with one attached hydrogen (secondary N) is 1. The summed E-state index contributed by atoms with van der Waals surface area (Å²) in [5.74, 6) is 1.95. The number of hydrogen-bond donors (Lipinski definition) is 2. The van der Waals surface area contributed by atoms with Gasteiger partial charge in [-0.25, -0.2) is 0 Å². The quantitative estimate of drug-likeness (QED) is 0.638. The van der Waals surface area contributed by atoms with Crippen molar-refractivity contribution in [3.05, 3.63) is 18.2 Å². The van der Waals surface area contributed by atoms with E-state index in [1.165, 1.54) is 19.3 Å². The Labute approximate surface area is 107 Å². The number of benzene rings is 1. The first-order valence-corrected chi connectivity index (χ1v) is 7.08. The summed E-state index contributed by atoms with van der Waals surface area (Å²) in [5.41, 5.74) is 6.80. The van der Waals surface area contributed by atoms with Gasteiger partial charge in [-0.3, -0.25) is 0 Å². The van der Waals surface area contributed by atoms with Gasteiger partial charge in [-0.05, 0) is 37.6 Å². The first kappa shape index (κ1) is 12.6. The van der Waals surface area contributed by atoms with Gasteiger partial charge in [-0.1, -0.05) is 6.42 Å². The number of nitrogen functional groups attached to an aromatic ring is 1. The molecule has 4 heteroatoms. The minimum absolute atomic E-state index is 0.624. The second-order valence-corrected chi connectivity index (χ2v) is 5.42. The van der Waals surface area contributed by atoms with E-state index in [-0.39, 0.29) is 0 Å². The van der Waals surface area contributed by atoms with Crippen LogP contribution in [0.4, 0.5) is 5.69 Å². The highest BCUT2D eigenvalue weighted by atomic mass is 32.2. The number of rotatable bonds is 4. The van der Waals surface area contributed by atoms with Crippen LogP contribution in [0.25, 0.3) is 0 Å². The van der Waals surface area contributed by atoms with E-state index in [9.17, 15) is 0 Å². The van der Waals surface area contributed by atoms with Gasteiger partial charge >= 0.3 is 0 Å². The average Bonchev–Trinajstić information content (AvgIpc) is 2.39. The van der Waals surface area contributed by atoms with Gasteiger partial charge in [0, 0.05) is 22.4 Å². The number of thioether (sulfide) groups is 1. The summed E-state index contributed by atoms with van der Waals surface area (Å²) in [6.45, 7) is 1.15. The van der Waals surface area contributed by atoms with Gasteiger partial charge in [0.1, 0.15) is 5.75 Å². The maximum atomic E-state index is 5.96. The molecule has 0 bridgehead atoms. The predicted molar refractivity (Wildman–Crippen MR) is 73.8 cm³/mol. The fourth-order valence-corrected chi connectivity index (χ4v) is 3.12. The molecule has 0 spiro atoms. The standard InChI is InChI=1S/C13H20N2OS/c1-16-11-5-6-12(14)13(8-11)17-9-10-4-2-3-7-15-10/h5-6,8,10,15H,2-4,7,9,14H2,1H3. The molecule has 1 saturated heterocycles. The Balaban J connectivity index is 1.92. The van der Waals surface area contributed by atoms with Crippen LogP contribution in [0.5, 0.6) is 5.75 Å². The van der Waals surface area contributed by atoms with Crippen LogP contribution in [0.2, 0.25) is 0 Å². The highest BCUT2D eigenvalue weighted by Gasteiger charge is 2.13. The number of anilines is 1. The molecule has 1 aliphatic heterocycles. The van der Waals surface area contributed by atoms with Crippen LogP contribution in [-0.4, -0.2) is 25.4 Å². The lowest BCUT2D eigenvalue weighted by atomic mass is 10.1. The molecule has 1 fully saturated rings. The first-order chi connectivity index (χ1) is 8.29. The molecule has 1 heterocycles. The van der Waals surface area contributed by atoms with Gasteiger partial charge < -0.3 is 15.8 Å². The molecular formula is C13H20N2OS. The largest absolute Gasteiger partial charge is 0.497 e. The number of ether oxygens (including phenoxy) is 1. The molecule has 0 aromatic heterocycles. The van der Waals surface area contributed by atoms with E-state index in [2.05, 4.69) is 5.32 Å². The van der Waals surface area contributed by atoms with Gasteiger partial charge in [0.2, 0.25) is 0 Å². The molecule has 0 aliphatic carbocycles. The minimum atomic E-state index is 0.624. The SMILES string of the molecule is COc1ccc(N)c(SCC2CCCCN2)c1. The highest BCUT2D eigenvalue weighted by Crippen LogP contribution is 2.30. The van der Waals surface area contributed by atoms with Crippen molar-refractivity contribution in [2.24, 2.45) is 0 Å². The van der Waals surface area contributed by atoms with Gasteiger partial charge in [-0.2, -0.15) is 0 Å². The summed E-state index contributed by atoms with van der Waals surface area (Å²) < 4.78 is 5.22. The first-order valence-electron chi connectivity index (χ1n) is 6.09. The Morgan fingerprint density at radius 3 is 3.06 bits per heavy atom. The molecule has 17 heavy (non-hydrogen) atoms. The van der Waals surface area contributed by atoms with Crippen LogP contribution in [0.15, 0.2) is 23.1 Å². The lowest BCUT2D eigenvalue weighted by molar-refractivity contribution is 0.413. The number of methoxy groups -OCH3 is 1. The lowest BCUT2D eigenvalue weighted by Gasteiger charge is -2.23. The van der Waals surface area contributed by atoms with Crippen molar-refractivity contribution in [1.29, 1.82) is 0 Å². The fraction of sp³-hybridized carbons (Fsp3) is 0.538. The molecule has 0 saturated carbocycles. The molecule has 1 aromatic carbocycles. The fourth-order valence-electron chi connectivity index (χ4n) is 2.02.